The van der Waals surface area contributed by atoms with Crippen molar-refractivity contribution < 1.29 is 29.6 Å². The van der Waals surface area contributed by atoms with Gasteiger partial charge in [0.05, 0.1) is 30.9 Å². The van der Waals surface area contributed by atoms with Gasteiger partial charge in [0.2, 0.25) is 0 Å². The van der Waals surface area contributed by atoms with E-state index in [4.69, 9.17) is 9.15 Å². The van der Waals surface area contributed by atoms with Crippen LogP contribution in [0.4, 0.5) is 0 Å². The van der Waals surface area contributed by atoms with E-state index in [0.29, 0.717) is 0 Å². The van der Waals surface area contributed by atoms with Gasteiger partial charge in [-0.15, -0.1) is 0 Å². The normalized spacial score (nSPS) is 12.9. The smallest absolute Gasteiger partial charge is 0.284 e. The molecule has 2 aromatic carbocycles. The van der Waals surface area contributed by atoms with Crippen LogP contribution in [0.3, 0.4) is 0 Å². The highest BCUT2D eigenvalue weighted by Gasteiger charge is 2.28. The third-order valence-electron chi connectivity index (χ3n) is 6.37. The molecule has 1 atom stereocenters. The molecule has 8 heteroatoms. The lowest BCUT2D eigenvalue weighted by atomic mass is 10.0. The summed E-state index contributed by atoms with van der Waals surface area (Å²) in [6.45, 7) is 2.72. The first-order chi connectivity index (χ1) is 16.9. The van der Waals surface area contributed by atoms with E-state index in [1.54, 1.807) is 12.3 Å². The van der Waals surface area contributed by atoms with Gasteiger partial charge >= 0.3 is 0 Å². The molecule has 186 valence electrons. The van der Waals surface area contributed by atoms with Crippen molar-refractivity contribution in [2.24, 2.45) is 0 Å². The zero-order chi connectivity index (χ0) is 25.0. The fourth-order valence-corrected chi connectivity index (χ4v) is 4.27. The van der Waals surface area contributed by atoms with E-state index in [9.17, 15) is 20.4 Å². The third-order valence-corrected chi connectivity index (χ3v) is 6.37. The Kier molecular flexibility index (Phi) is 7.59. The van der Waals surface area contributed by atoms with Gasteiger partial charge in [0.1, 0.15) is 19.0 Å². The molecule has 5 N–H and O–H groups in total. The van der Waals surface area contributed by atoms with Crippen molar-refractivity contribution in [1.82, 2.24) is 9.88 Å². The fraction of sp³-hybridized carbons (Fsp3) is 0.333. The number of hydrogen-bond acceptors (Lipinski definition) is 7. The number of ether oxygens (including phenoxy) is 1. The number of aliphatic hydroxyl groups is 4. The molecule has 2 aromatic heterocycles. The maximum absolute atomic E-state index is 10.2. The molecule has 0 amide bonds. The van der Waals surface area contributed by atoms with E-state index < -0.39 is 31.5 Å². The van der Waals surface area contributed by atoms with Gasteiger partial charge < -0.3 is 39.5 Å². The Morgan fingerprint density at radius 2 is 1.69 bits per heavy atom. The van der Waals surface area contributed by atoms with Crippen LogP contribution in [0.25, 0.3) is 27.7 Å². The van der Waals surface area contributed by atoms with Crippen molar-refractivity contribution in [3.63, 3.8) is 0 Å². The van der Waals surface area contributed by atoms with Crippen LogP contribution in [0.15, 0.2) is 65.3 Å². The number of aliphatic hydroxyl groups excluding tert-OH is 4. The molecule has 4 aromatic rings. The van der Waals surface area contributed by atoms with E-state index in [0.717, 1.165) is 33.4 Å². The number of nitrogens with zero attached hydrogens (tertiary/aromatic N) is 1. The van der Waals surface area contributed by atoms with Crippen LogP contribution in [0.1, 0.15) is 11.3 Å². The summed E-state index contributed by atoms with van der Waals surface area (Å²) in [7, 11) is 0. The number of furan rings is 1. The average molecular weight is 481 g/mol. The molecular formula is C27H32N2O6. The van der Waals surface area contributed by atoms with Crippen LogP contribution in [0, 0.1) is 13.8 Å². The standard InChI is InChI=1S/C27H32N2O6/c1-18-7-3-5-9-23(18)29-19(2)26(22-8-4-6-10-24(22)29)20-11-25(34-13-20)35-14-21(33)12-28-27(15-30,16-31)17-32/h3-11,13,21,28,30-33H,12,14-17H2,1-2H3. The molecule has 0 radical (unpaired) electrons. The summed E-state index contributed by atoms with van der Waals surface area (Å²) in [5, 5.41) is 42.3. The zero-order valence-corrected chi connectivity index (χ0v) is 19.9. The third kappa shape index (κ3) is 4.98. The van der Waals surface area contributed by atoms with Crippen LogP contribution in [0.2, 0.25) is 0 Å². The number of benzene rings is 2. The van der Waals surface area contributed by atoms with Gasteiger partial charge in [-0.05, 0) is 31.5 Å². The summed E-state index contributed by atoms with van der Waals surface area (Å²) in [4.78, 5) is 0. The maximum atomic E-state index is 10.2. The summed E-state index contributed by atoms with van der Waals surface area (Å²) >= 11 is 0. The molecule has 8 nitrogen and oxygen atoms in total. The molecule has 4 rings (SSSR count). The highest BCUT2D eigenvalue weighted by Crippen LogP contribution is 2.39. The summed E-state index contributed by atoms with van der Waals surface area (Å²) in [5.41, 5.74) is 5.12. The highest BCUT2D eigenvalue weighted by atomic mass is 16.6. The quantitative estimate of drug-likeness (QED) is 0.224. The highest BCUT2D eigenvalue weighted by molar-refractivity contribution is 5.99. The molecule has 1 unspecified atom stereocenters. The van der Waals surface area contributed by atoms with E-state index >= 15 is 0 Å². The molecule has 0 bridgehead atoms. The average Bonchev–Trinajstić information content (AvgIpc) is 3.46. The Labute approximate surface area is 204 Å². The lowest BCUT2D eigenvalue weighted by Crippen LogP contribution is -2.57. The number of nitrogens with one attached hydrogen (secondary N) is 1. The fourth-order valence-electron chi connectivity index (χ4n) is 4.27. The second-order valence-electron chi connectivity index (χ2n) is 8.85. The van der Waals surface area contributed by atoms with Gasteiger partial charge in [-0.1, -0.05) is 36.4 Å². The van der Waals surface area contributed by atoms with Crippen LogP contribution in [0.5, 0.6) is 5.95 Å². The first kappa shape index (κ1) is 25.0. The van der Waals surface area contributed by atoms with Crippen molar-refractivity contribution in [1.29, 1.82) is 0 Å². The molecule has 35 heavy (non-hydrogen) atoms. The summed E-state index contributed by atoms with van der Waals surface area (Å²) in [6, 6.07) is 18.3. The summed E-state index contributed by atoms with van der Waals surface area (Å²) < 4.78 is 13.5. The Balaban J connectivity index is 1.54. The second-order valence-corrected chi connectivity index (χ2v) is 8.85. The van der Waals surface area contributed by atoms with Gasteiger partial charge in [-0.25, -0.2) is 0 Å². The van der Waals surface area contributed by atoms with Crippen molar-refractivity contribution in [3.8, 4) is 22.8 Å². The lowest BCUT2D eigenvalue weighted by molar-refractivity contribution is 0.0242. The number of β-amino-alcohol motifs (C(OH)–C–C–N with tert-alkyl or cyclic N) is 1. The summed E-state index contributed by atoms with van der Waals surface area (Å²) in [6.07, 6.45) is 0.697. The number of rotatable bonds is 11. The minimum atomic E-state index is -1.26. The summed E-state index contributed by atoms with van der Waals surface area (Å²) in [5.74, 6) is 0.268. The van der Waals surface area contributed by atoms with Crippen molar-refractivity contribution in [2.75, 3.05) is 33.0 Å². The number of para-hydroxylation sites is 2. The first-order valence-electron chi connectivity index (χ1n) is 11.6. The van der Waals surface area contributed by atoms with Crippen molar-refractivity contribution in [3.05, 3.63) is 72.1 Å². The van der Waals surface area contributed by atoms with Gasteiger partial charge in [0, 0.05) is 40.5 Å². The van der Waals surface area contributed by atoms with Crippen LogP contribution in [-0.4, -0.2) is 69.6 Å². The van der Waals surface area contributed by atoms with Crippen LogP contribution in [-0.2, 0) is 0 Å². The predicted octanol–water partition coefficient (Wildman–Crippen LogP) is 2.55. The zero-order valence-electron chi connectivity index (χ0n) is 19.9. The molecule has 0 aliphatic carbocycles. The van der Waals surface area contributed by atoms with Gasteiger partial charge in [0.25, 0.3) is 5.95 Å². The Morgan fingerprint density at radius 3 is 2.40 bits per heavy atom. The number of hydrogen-bond donors (Lipinski definition) is 5. The Hall–Kier alpha value is -3.14. The van der Waals surface area contributed by atoms with Gasteiger partial charge in [-0.2, -0.15) is 0 Å². The molecule has 0 saturated heterocycles. The minimum absolute atomic E-state index is 0.0122. The van der Waals surface area contributed by atoms with Crippen molar-refractivity contribution in [2.45, 2.75) is 25.5 Å². The van der Waals surface area contributed by atoms with E-state index in [1.165, 1.54) is 5.56 Å². The Morgan fingerprint density at radius 1 is 1.00 bits per heavy atom. The number of fused-ring (bicyclic) bond motifs is 1. The monoisotopic (exact) mass is 480 g/mol. The lowest BCUT2D eigenvalue weighted by Gasteiger charge is -2.29. The molecule has 2 heterocycles. The second kappa shape index (κ2) is 10.6. The molecular weight excluding hydrogens is 448 g/mol. The molecule has 0 aliphatic rings. The predicted molar refractivity (Wildman–Crippen MR) is 134 cm³/mol. The molecule has 0 fully saturated rings. The van der Waals surface area contributed by atoms with Gasteiger partial charge in [0.15, 0.2) is 0 Å². The van der Waals surface area contributed by atoms with E-state index in [1.807, 2.05) is 24.3 Å². The maximum Gasteiger partial charge on any atom is 0.284 e. The molecule has 0 aliphatic heterocycles. The van der Waals surface area contributed by atoms with Crippen molar-refractivity contribution >= 4 is 10.9 Å². The van der Waals surface area contributed by atoms with E-state index in [-0.39, 0.29) is 19.1 Å². The SMILES string of the molecule is Cc1ccccc1-n1c(C)c(-c2coc(OCC(O)CNC(CO)(CO)CO)c2)c2ccccc21. The van der Waals surface area contributed by atoms with Crippen LogP contribution >= 0.6 is 0 Å². The number of aryl methyl sites for hydroxylation is 1. The number of aromatic nitrogens is 1. The largest absolute Gasteiger partial charge is 0.462 e. The molecule has 0 saturated carbocycles. The topological polar surface area (TPSA) is 120 Å². The van der Waals surface area contributed by atoms with Crippen LogP contribution < -0.4 is 10.1 Å². The Bertz CT molecular complexity index is 1270. The van der Waals surface area contributed by atoms with E-state index in [2.05, 4.69) is 48.0 Å². The first-order valence-corrected chi connectivity index (χ1v) is 11.6. The van der Waals surface area contributed by atoms with Gasteiger partial charge in [-0.3, -0.25) is 0 Å². The minimum Gasteiger partial charge on any atom is -0.462 e. The molecule has 0 spiro atoms.